The fourth-order valence-electron chi connectivity index (χ4n) is 3.01. The molecule has 0 bridgehead atoms. The quantitative estimate of drug-likeness (QED) is 0.775. The summed E-state index contributed by atoms with van der Waals surface area (Å²) in [5, 5.41) is 3.44. The van der Waals surface area contributed by atoms with Gasteiger partial charge in [0.05, 0.1) is 7.11 Å². The summed E-state index contributed by atoms with van der Waals surface area (Å²) in [6.45, 7) is 1.27. The van der Waals surface area contributed by atoms with Crippen molar-refractivity contribution < 1.29 is 9.53 Å². The van der Waals surface area contributed by atoms with Crippen molar-refractivity contribution in [2.75, 3.05) is 20.2 Å². The monoisotopic (exact) mass is 348 g/mol. The number of carbonyl (C=O) groups is 1. The van der Waals surface area contributed by atoms with E-state index in [-0.39, 0.29) is 36.7 Å². The van der Waals surface area contributed by atoms with E-state index in [1.807, 2.05) is 18.2 Å². The molecule has 22 heavy (non-hydrogen) atoms. The van der Waals surface area contributed by atoms with Gasteiger partial charge in [-0.3, -0.25) is 4.79 Å². The maximum Gasteiger partial charge on any atom is 0.326 e. The van der Waals surface area contributed by atoms with Crippen molar-refractivity contribution in [3.8, 4) is 0 Å². The number of esters is 1. The largest absolute Gasteiger partial charge is 0.468 e. The third kappa shape index (κ3) is 4.85. The summed E-state index contributed by atoms with van der Waals surface area (Å²) >= 11 is 0. The lowest BCUT2D eigenvalue weighted by atomic mass is 9.94. The number of methoxy groups -OCH3 is 1. The highest BCUT2D eigenvalue weighted by atomic mass is 35.5. The highest BCUT2D eigenvalue weighted by Crippen LogP contribution is 2.31. The van der Waals surface area contributed by atoms with E-state index in [9.17, 15) is 4.79 Å². The maximum absolute atomic E-state index is 12.1. The van der Waals surface area contributed by atoms with Gasteiger partial charge in [0.2, 0.25) is 0 Å². The molecule has 1 atom stereocenters. The molecule has 1 aromatic carbocycles. The van der Waals surface area contributed by atoms with Gasteiger partial charge >= 0.3 is 5.97 Å². The van der Waals surface area contributed by atoms with Crippen LogP contribution < -0.4 is 11.1 Å². The van der Waals surface area contributed by atoms with Crippen LogP contribution in [-0.2, 0) is 9.53 Å². The molecule has 2 rings (SSSR count). The number of hydrogen-bond acceptors (Lipinski definition) is 4. The molecule has 0 aliphatic heterocycles. The average Bonchev–Trinajstić information content (AvgIpc) is 2.98. The SMILES string of the molecule is COC(=O)C1(NCC(CN)c2ccccc2)CCCC1.Cl.Cl. The van der Waals surface area contributed by atoms with Crippen molar-refractivity contribution in [2.45, 2.75) is 37.1 Å². The van der Waals surface area contributed by atoms with Crippen LogP contribution in [0.4, 0.5) is 0 Å². The van der Waals surface area contributed by atoms with Gasteiger partial charge in [0.25, 0.3) is 0 Å². The Morgan fingerprint density at radius 2 is 1.86 bits per heavy atom. The molecule has 1 aliphatic rings. The Morgan fingerprint density at radius 3 is 2.36 bits per heavy atom. The molecule has 1 aromatic rings. The van der Waals surface area contributed by atoms with Gasteiger partial charge in [-0.15, -0.1) is 24.8 Å². The van der Waals surface area contributed by atoms with Crippen LogP contribution in [0, 0.1) is 0 Å². The molecule has 1 unspecified atom stereocenters. The van der Waals surface area contributed by atoms with Crippen LogP contribution in [0.15, 0.2) is 30.3 Å². The Morgan fingerprint density at radius 1 is 1.27 bits per heavy atom. The van der Waals surface area contributed by atoms with Crippen LogP contribution in [0.3, 0.4) is 0 Å². The molecule has 1 fully saturated rings. The molecule has 3 N–H and O–H groups in total. The minimum atomic E-state index is -0.503. The van der Waals surface area contributed by atoms with Gasteiger partial charge in [-0.1, -0.05) is 43.2 Å². The zero-order valence-corrected chi connectivity index (χ0v) is 14.6. The summed E-state index contributed by atoms with van der Waals surface area (Å²) in [5.41, 5.74) is 6.59. The van der Waals surface area contributed by atoms with Crippen molar-refractivity contribution in [3.63, 3.8) is 0 Å². The van der Waals surface area contributed by atoms with Crippen molar-refractivity contribution in [3.05, 3.63) is 35.9 Å². The Labute approximate surface area is 145 Å². The first-order chi connectivity index (χ1) is 9.72. The van der Waals surface area contributed by atoms with Crippen molar-refractivity contribution in [1.82, 2.24) is 5.32 Å². The van der Waals surface area contributed by atoms with E-state index in [2.05, 4.69) is 17.4 Å². The molecule has 0 aromatic heterocycles. The molecule has 0 saturated heterocycles. The van der Waals surface area contributed by atoms with E-state index in [1.54, 1.807) is 0 Å². The standard InChI is InChI=1S/C16H24N2O2.2ClH/c1-20-15(19)16(9-5-6-10-16)18-12-14(11-17)13-7-3-2-4-8-13;;/h2-4,7-8,14,18H,5-6,9-12,17H2,1H3;2*1H. The minimum absolute atomic E-state index is 0. The molecular formula is C16H26Cl2N2O2. The molecule has 6 heteroatoms. The molecule has 0 amide bonds. The van der Waals surface area contributed by atoms with Crippen LogP contribution in [0.1, 0.15) is 37.2 Å². The lowest BCUT2D eigenvalue weighted by molar-refractivity contribution is -0.148. The van der Waals surface area contributed by atoms with Crippen LogP contribution in [0.25, 0.3) is 0 Å². The van der Waals surface area contributed by atoms with E-state index in [4.69, 9.17) is 10.5 Å². The third-order valence-electron chi connectivity index (χ3n) is 4.28. The lowest BCUT2D eigenvalue weighted by Crippen LogP contribution is -2.52. The second kappa shape index (κ2) is 10.1. The van der Waals surface area contributed by atoms with Crippen LogP contribution in [0.5, 0.6) is 0 Å². The highest BCUT2D eigenvalue weighted by molar-refractivity contribution is 5.85. The number of nitrogens with one attached hydrogen (secondary N) is 1. The van der Waals surface area contributed by atoms with Crippen LogP contribution in [0.2, 0.25) is 0 Å². The first-order valence-electron chi connectivity index (χ1n) is 7.30. The summed E-state index contributed by atoms with van der Waals surface area (Å²) < 4.78 is 4.98. The second-order valence-corrected chi connectivity index (χ2v) is 5.51. The Hall–Kier alpha value is -0.810. The van der Waals surface area contributed by atoms with E-state index >= 15 is 0 Å². The van der Waals surface area contributed by atoms with Gasteiger partial charge < -0.3 is 15.8 Å². The summed E-state index contributed by atoms with van der Waals surface area (Å²) in [4.78, 5) is 12.1. The third-order valence-corrected chi connectivity index (χ3v) is 4.28. The molecule has 1 aliphatic carbocycles. The Kier molecular flexibility index (Phi) is 9.69. The Balaban J connectivity index is 0.00000220. The first-order valence-corrected chi connectivity index (χ1v) is 7.30. The molecule has 0 spiro atoms. The van der Waals surface area contributed by atoms with Gasteiger partial charge in [0.1, 0.15) is 5.54 Å². The number of hydrogen-bond donors (Lipinski definition) is 2. The lowest BCUT2D eigenvalue weighted by Gasteiger charge is -2.29. The van der Waals surface area contributed by atoms with E-state index in [0.717, 1.165) is 25.7 Å². The van der Waals surface area contributed by atoms with Crippen molar-refractivity contribution in [1.29, 1.82) is 0 Å². The summed E-state index contributed by atoms with van der Waals surface area (Å²) in [6, 6.07) is 10.2. The number of ether oxygens (including phenoxy) is 1. The normalized spacial score (nSPS) is 17.0. The van der Waals surface area contributed by atoms with E-state index < -0.39 is 5.54 Å². The smallest absolute Gasteiger partial charge is 0.326 e. The number of rotatable bonds is 6. The number of halogens is 2. The topological polar surface area (TPSA) is 64.3 Å². The summed E-state index contributed by atoms with van der Waals surface area (Å²) in [7, 11) is 1.46. The predicted octanol–water partition coefficient (Wildman–Crippen LogP) is 2.65. The highest BCUT2D eigenvalue weighted by Gasteiger charge is 2.42. The van der Waals surface area contributed by atoms with Gasteiger partial charge in [0.15, 0.2) is 0 Å². The van der Waals surface area contributed by atoms with Crippen molar-refractivity contribution in [2.24, 2.45) is 5.73 Å². The zero-order chi connectivity index (χ0) is 14.4. The second-order valence-electron chi connectivity index (χ2n) is 5.51. The molecule has 1 saturated carbocycles. The number of nitrogens with two attached hydrogens (primary N) is 1. The van der Waals surface area contributed by atoms with Crippen LogP contribution in [-0.4, -0.2) is 31.7 Å². The van der Waals surface area contributed by atoms with E-state index in [0.29, 0.717) is 13.1 Å². The maximum atomic E-state index is 12.1. The molecular weight excluding hydrogens is 323 g/mol. The molecule has 0 heterocycles. The summed E-state index contributed by atoms with van der Waals surface area (Å²) in [5.74, 6) is 0.0807. The number of carbonyl (C=O) groups excluding carboxylic acids is 1. The van der Waals surface area contributed by atoms with Crippen molar-refractivity contribution >= 4 is 30.8 Å². The molecule has 0 radical (unpaired) electrons. The average molecular weight is 349 g/mol. The molecule has 4 nitrogen and oxygen atoms in total. The fourth-order valence-corrected chi connectivity index (χ4v) is 3.01. The zero-order valence-electron chi connectivity index (χ0n) is 12.9. The predicted molar refractivity (Wildman–Crippen MR) is 94.0 cm³/mol. The fraction of sp³-hybridized carbons (Fsp3) is 0.562. The van der Waals surface area contributed by atoms with Crippen LogP contribution >= 0.6 is 24.8 Å². The molecule has 126 valence electrons. The Bertz CT molecular complexity index is 437. The van der Waals surface area contributed by atoms with E-state index in [1.165, 1.54) is 12.7 Å². The van der Waals surface area contributed by atoms with Gasteiger partial charge in [-0.25, -0.2) is 0 Å². The first kappa shape index (κ1) is 21.2. The van der Waals surface area contributed by atoms with Gasteiger partial charge in [-0.2, -0.15) is 0 Å². The summed E-state index contributed by atoms with van der Waals surface area (Å²) in [6.07, 6.45) is 3.85. The van der Waals surface area contributed by atoms with Gasteiger partial charge in [-0.05, 0) is 18.4 Å². The number of benzene rings is 1. The van der Waals surface area contributed by atoms with Gasteiger partial charge in [0, 0.05) is 19.0 Å². The minimum Gasteiger partial charge on any atom is -0.468 e.